The van der Waals surface area contributed by atoms with E-state index in [2.05, 4.69) is 38.2 Å². The molecule has 0 amide bonds. The Morgan fingerprint density at radius 2 is 1.85 bits per heavy atom. The highest BCUT2D eigenvalue weighted by molar-refractivity contribution is 4.64. The molecule has 0 aromatic rings. The van der Waals surface area contributed by atoms with Crippen LogP contribution in [0.3, 0.4) is 0 Å². The van der Waals surface area contributed by atoms with Gasteiger partial charge in [0.2, 0.25) is 0 Å². The first-order valence-electron chi connectivity index (χ1n) is 5.16. The second kappa shape index (κ2) is 7.30. The average Bonchev–Trinajstić information content (AvgIpc) is 2.00. The summed E-state index contributed by atoms with van der Waals surface area (Å²) in [6, 6.07) is 0.920. The van der Waals surface area contributed by atoms with Crippen molar-refractivity contribution in [2.75, 3.05) is 27.2 Å². The van der Waals surface area contributed by atoms with Gasteiger partial charge in [-0.1, -0.05) is 0 Å². The number of hydrogen-bond donors (Lipinski definition) is 2. The highest BCUT2D eigenvalue weighted by Crippen LogP contribution is 1.98. The minimum Gasteiger partial charge on any atom is -0.328 e. The van der Waals surface area contributed by atoms with E-state index in [0.717, 1.165) is 19.5 Å². The van der Waals surface area contributed by atoms with E-state index in [9.17, 15) is 0 Å². The van der Waals surface area contributed by atoms with Gasteiger partial charge in [0.05, 0.1) is 0 Å². The Labute approximate surface area is 82.7 Å². The third-order valence-electron chi connectivity index (χ3n) is 2.11. The maximum atomic E-state index is 5.68. The number of nitrogens with zero attached hydrogens (tertiary/aromatic N) is 1. The van der Waals surface area contributed by atoms with Crippen molar-refractivity contribution in [1.29, 1.82) is 0 Å². The lowest BCUT2D eigenvalue weighted by Gasteiger charge is -2.16. The molecule has 3 N–H and O–H groups in total. The Morgan fingerprint density at radius 3 is 2.31 bits per heavy atom. The van der Waals surface area contributed by atoms with Crippen molar-refractivity contribution >= 4 is 0 Å². The van der Waals surface area contributed by atoms with E-state index >= 15 is 0 Å². The van der Waals surface area contributed by atoms with Crippen LogP contribution in [0.5, 0.6) is 0 Å². The van der Waals surface area contributed by atoms with Gasteiger partial charge in [-0.15, -0.1) is 0 Å². The summed E-state index contributed by atoms with van der Waals surface area (Å²) in [4.78, 5) is 2.19. The van der Waals surface area contributed by atoms with Gasteiger partial charge < -0.3 is 16.0 Å². The van der Waals surface area contributed by atoms with Crippen molar-refractivity contribution in [2.45, 2.75) is 38.8 Å². The van der Waals surface area contributed by atoms with Crippen molar-refractivity contribution < 1.29 is 0 Å². The monoisotopic (exact) mass is 187 g/mol. The van der Waals surface area contributed by atoms with Crippen LogP contribution in [0.15, 0.2) is 0 Å². The van der Waals surface area contributed by atoms with Gasteiger partial charge in [-0.25, -0.2) is 0 Å². The minimum absolute atomic E-state index is 0.332. The lowest BCUT2D eigenvalue weighted by Crippen LogP contribution is -2.33. The summed E-state index contributed by atoms with van der Waals surface area (Å²) in [6.07, 6.45) is 2.28. The first-order valence-corrected chi connectivity index (χ1v) is 5.16. The summed E-state index contributed by atoms with van der Waals surface area (Å²) >= 11 is 0. The standard InChI is InChI=1S/C10H25N3/c1-9(11)5-6-10(2)12-7-8-13(3)4/h9-10,12H,5-8,11H2,1-4H3. The van der Waals surface area contributed by atoms with Crippen LogP contribution in [0.1, 0.15) is 26.7 Å². The highest BCUT2D eigenvalue weighted by atomic mass is 15.1. The van der Waals surface area contributed by atoms with Crippen LogP contribution in [0.4, 0.5) is 0 Å². The van der Waals surface area contributed by atoms with Crippen LogP contribution in [0, 0.1) is 0 Å². The molecule has 3 heteroatoms. The maximum Gasteiger partial charge on any atom is 0.0101 e. The topological polar surface area (TPSA) is 41.3 Å². The third-order valence-corrected chi connectivity index (χ3v) is 2.11. The number of likely N-dealkylation sites (N-methyl/N-ethyl adjacent to an activating group) is 1. The van der Waals surface area contributed by atoms with E-state index in [1.807, 2.05) is 0 Å². The summed E-state index contributed by atoms with van der Waals surface area (Å²) < 4.78 is 0. The van der Waals surface area contributed by atoms with Gasteiger partial charge in [-0.2, -0.15) is 0 Å². The molecule has 0 spiro atoms. The molecular weight excluding hydrogens is 162 g/mol. The zero-order chi connectivity index (χ0) is 10.3. The first-order chi connectivity index (χ1) is 6.02. The van der Waals surface area contributed by atoms with Gasteiger partial charge in [0, 0.05) is 25.2 Å². The molecule has 13 heavy (non-hydrogen) atoms. The highest BCUT2D eigenvalue weighted by Gasteiger charge is 2.02. The third kappa shape index (κ3) is 9.80. The summed E-state index contributed by atoms with van der Waals surface area (Å²) in [5.74, 6) is 0. The second-order valence-corrected chi connectivity index (χ2v) is 4.21. The van der Waals surface area contributed by atoms with Crippen molar-refractivity contribution in [1.82, 2.24) is 10.2 Å². The number of nitrogens with two attached hydrogens (primary N) is 1. The Hall–Kier alpha value is -0.120. The van der Waals surface area contributed by atoms with Crippen molar-refractivity contribution in [3.63, 3.8) is 0 Å². The largest absolute Gasteiger partial charge is 0.328 e. The van der Waals surface area contributed by atoms with Crippen LogP contribution in [0.2, 0.25) is 0 Å². The van der Waals surface area contributed by atoms with E-state index in [0.29, 0.717) is 12.1 Å². The quantitative estimate of drug-likeness (QED) is 0.615. The van der Waals surface area contributed by atoms with Gasteiger partial charge in [0.15, 0.2) is 0 Å². The Balaban J connectivity index is 3.25. The Bertz CT molecular complexity index is 113. The van der Waals surface area contributed by atoms with Gasteiger partial charge in [-0.3, -0.25) is 0 Å². The normalized spacial score (nSPS) is 16.2. The molecule has 0 rings (SSSR count). The number of nitrogens with one attached hydrogen (secondary N) is 1. The summed E-state index contributed by atoms with van der Waals surface area (Å²) in [6.45, 7) is 6.44. The predicted octanol–water partition coefficient (Wildman–Crippen LogP) is 0.654. The first kappa shape index (κ1) is 12.9. The molecule has 3 nitrogen and oxygen atoms in total. The molecule has 0 aliphatic carbocycles. The van der Waals surface area contributed by atoms with E-state index in [1.165, 1.54) is 6.42 Å². The fraction of sp³-hybridized carbons (Fsp3) is 1.00. The molecule has 0 aliphatic heterocycles. The smallest absolute Gasteiger partial charge is 0.0101 e. The molecular formula is C10H25N3. The molecule has 0 heterocycles. The zero-order valence-electron chi connectivity index (χ0n) is 9.51. The summed E-state index contributed by atoms with van der Waals surface area (Å²) in [5, 5.41) is 3.47. The fourth-order valence-electron chi connectivity index (χ4n) is 1.15. The lowest BCUT2D eigenvalue weighted by atomic mass is 10.1. The van der Waals surface area contributed by atoms with Crippen molar-refractivity contribution in [2.24, 2.45) is 5.73 Å². The predicted molar refractivity (Wildman–Crippen MR) is 58.9 cm³/mol. The molecule has 0 aromatic heterocycles. The molecule has 0 bridgehead atoms. The number of rotatable bonds is 7. The molecule has 0 radical (unpaired) electrons. The molecule has 80 valence electrons. The average molecular weight is 187 g/mol. The van der Waals surface area contributed by atoms with Crippen LogP contribution in [-0.2, 0) is 0 Å². The molecule has 2 unspecified atom stereocenters. The second-order valence-electron chi connectivity index (χ2n) is 4.21. The molecule has 0 aliphatic rings. The molecule has 0 fully saturated rings. The van der Waals surface area contributed by atoms with Gasteiger partial charge in [-0.05, 0) is 40.8 Å². The molecule has 0 saturated heterocycles. The fourth-order valence-corrected chi connectivity index (χ4v) is 1.15. The zero-order valence-corrected chi connectivity index (χ0v) is 9.51. The van der Waals surface area contributed by atoms with Gasteiger partial charge >= 0.3 is 0 Å². The van der Waals surface area contributed by atoms with Crippen LogP contribution < -0.4 is 11.1 Å². The van der Waals surface area contributed by atoms with E-state index < -0.39 is 0 Å². The lowest BCUT2D eigenvalue weighted by molar-refractivity contribution is 0.378. The molecule has 0 saturated carbocycles. The maximum absolute atomic E-state index is 5.68. The Morgan fingerprint density at radius 1 is 1.23 bits per heavy atom. The summed E-state index contributed by atoms with van der Waals surface area (Å²) in [7, 11) is 4.18. The van der Waals surface area contributed by atoms with Crippen LogP contribution in [0.25, 0.3) is 0 Å². The number of hydrogen-bond acceptors (Lipinski definition) is 3. The molecule has 2 atom stereocenters. The SMILES string of the molecule is CC(N)CCC(C)NCCN(C)C. The van der Waals surface area contributed by atoms with Gasteiger partial charge in [0.25, 0.3) is 0 Å². The van der Waals surface area contributed by atoms with Crippen molar-refractivity contribution in [3.05, 3.63) is 0 Å². The summed E-state index contributed by atoms with van der Waals surface area (Å²) in [5.41, 5.74) is 5.68. The molecule has 0 aromatic carbocycles. The van der Waals surface area contributed by atoms with E-state index in [1.54, 1.807) is 0 Å². The Kier molecular flexibility index (Phi) is 7.23. The minimum atomic E-state index is 0.332. The van der Waals surface area contributed by atoms with E-state index in [-0.39, 0.29) is 0 Å². The van der Waals surface area contributed by atoms with Crippen molar-refractivity contribution in [3.8, 4) is 0 Å². The van der Waals surface area contributed by atoms with Crippen LogP contribution in [-0.4, -0.2) is 44.2 Å². The van der Waals surface area contributed by atoms with Crippen LogP contribution >= 0.6 is 0 Å². The van der Waals surface area contributed by atoms with E-state index in [4.69, 9.17) is 5.73 Å². The van der Waals surface area contributed by atoms with Gasteiger partial charge in [0.1, 0.15) is 0 Å².